The summed E-state index contributed by atoms with van der Waals surface area (Å²) in [7, 11) is 0.638. The van der Waals surface area contributed by atoms with Gasteiger partial charge in [0, 0.05) is 28.3 Å². The van der Waals surface area contributed by atoms with Gasteiger partial charge in [-0.1, -0.05) is 17.7 Å². The lowest BCUT2D eigenvalue weighted by Crippen LogP contribution is -2.33. The summed E-state index contributed by atoms with van der Waals surface area (Å²) in [6.07, 6.45) is 3.15. The normalized spacial score (nSPS) is 17.3. The van der Waals surface area contributed by atoms with Gasteiger partial charge in [0.15, 0.2) is 0 Å². The Morgan fingerprint density at radius 1 is 1.11 bits per heavy atom. The van der Waals surface area contributed by atoms with Gasteiger partial charge in [-0.3, -0.25) is 4.72 Å². The Kier molecular flexibility index (Phi) is 4.48. The molecule has 5 nitrogen and oxygen atoms in total. The summed E-state index contributed by atoms with van der Waals surface area (Å²) >= 11 is 0. The lowest BCUT2D eigenvalue weighted by Gasteiger charge is -2.28. The van der Waals surface area contributed by atoms with Crippen LogP contribution in [0.15, 0.2) is 47.4 Å². The minimum Gasteiger partial charge on any atom is -0.358 e. The van der Waals surface area contributed by atoms with Gasteiger partial charge in [-0.2, -0.15) is 0 Å². The van der Waals surface area contributed by atoms with Crippen molar-refractivity contribution in [3.8, 4) is 0 Å². The van der Waals surface area contributed by atoms with Crippen LogP contribution in [-0.2, 0) is 22.9 Å². The molecular weight excluding hydrogens is 358 g/mol. The maximum Gasteiger partial charge on any atom is 0.261 e. The van der Waals surface area contributed by atoms with Crippen molar-refractivity contribution in [3.63, 3.8) is 0 Å². The number of likely N-dealkylation sites (N-methyl/N-ethyl adjacent to an activating group) is 1. The highest BCUT2D eigenvalue weighted by molar-refractivity contribution is 7.92. The van der Waals surface area contributed by atoms with E-state index in [0.717, 1.165) is 35.7 Å². The number of hydrogen-bond donors (Lipinski definition) is 2. The number of benzene rings is 2. The molecule has 1 unspecified atom stereocenters. The molecule has 0 bridgehead atoms. The third kappa shape index (κ3) is 3.47. The van der Waals surface area contributed by atoms with Crippen LogP contribution in [0, 0.1) is 6.92 Å². The van der Waals surface area contributed by atoms with E-state index in [1.807, 2.05) is 37.3 Å². The Morgan fingerprint density at radius 3 is 2.56 bits per heavy atom. The van der Waals surface area contributed by atoms with E-state index < -0.39 is 10.0 Å². The highest BCUT2D eigenvalue weighted by atomic mass is 32.2. The zero-order valence-corrected chi connectivity index (χ0v) is 16.7. The molecule has 2 aromatic carbocycles. The Balaban J connectivity index is 1.67. The Hall–Kier alpha value is -2.31. The van der Waals surface area contributed by atoms with E-state index in [-0.39, 0.29) is 4.90 Å². The molecule has 0 saturated carbocycles. The lowest BCUT2D eigenvalue weighted by atomic mass is 9.91. The molecule has 1 aliphatic rings. The molecule has 1 atom stereocenters. The molecule has 0 aliphatic heterocycles. The molecule has 0 spiro atoms. The fourth-order valence-corrected chi connectivity index (χ4v) is 4.88. The van der Waals surface area contributed by atoms with Crippen molar-refractivity contribution in [2.45, 2.75) is 37.1 Å². The van der Waals surface area contributed by atoms with Gasteiger partial charge in [0.2, 0.25) is 0 Å². The number of H-pyrrole nitrogens is 1. The van der Waals surface area contributed by atoms with Gasteiger partial charge in [-0.15, -0.1) is 0 Å². The van der Waals surface area contributed by atoms with E-state index in [4.69, 9.17) is 0 Å². The lowest BCUT2D eigenvalue weighted by molar-refractivity contribution is 0.268. The van der Waals surface area contributed by atoms with Crippen LogP contribution in [0.4, 0.5) is 5.69 Å². The number of rotatable bonds is 4. The van der Waals surface area contributed by atoms with Crippen LogP contribution in [0.3, 0.4) is 0 Å². The van der Waals surface area contributed by atoms with Crippen LogP contribution in [-0.4, -0.2) is 38.4 Å². The van der Waals surface area contributed by atoms with Crippen LogP contribution in [0.25, 0.3) is 10.9 Å². The molecule has 142 valence electrons. The SMILES string of the molecule is Cc1ccc(S(=O)(=O)Nc2ccc3[nH]c4c(c3c2)CC(N(C)C)CC4)cc1. The highest BCUT2D eigenvalue weighted by Gasteiger charge is 2.24. The summed E-state index contributed by atoms with van der Waals surface area (Å²) in [6.45, 7) is 1.94. The van der Waals surface area contributed by atoms with E-state index in [1.165, 1.54) is 11.3 Å². The number of nitrogens with one attached hydrogen (secondary N) is 2. The highest BCUT2D eigenvalue weighted by Crippen LogP contribution is 2.32. The second-order valence-corrected chi connectivity index (χ2v) is 9.30. The Labute approximate surface area is 160 Å². The summed E-state index contributed by atoms with van der Waals surface area (Å²) in [5, 5.41) is 1.11. The van der Waals surface area contributed by atoms with Gasteiger partial charge in [0.1, 0.15) is 0 Å². The van der Waals surface area contributed by atoms with Gasteiger partial charge in [-0.05, 0) is 76.2 Å². The predicted octanol–water partition coefficient (Wildman–Crippen LogP) is 3.70. The van der Waals surface area contributed by atoms with Crippen molar-refractivity contribution in [3.05, 3.63) is 59.3 Å². The van der Waals surface area contributed by atoms with Crippen molar-refractivity contribution >= 4 is 26.6 Å². The van der Waals surface area contributed by atoms with Crippen LogP contribution in [0.2, 0.25) is 0 Å². The molecule has 6 heteroatoms. The number of fused-ring (bicyclic) bond motifs is 3. The summed E-state index contributed by atoms with van der Waals surface area (Å²) in [5.41, 5.74) is 5.28. The second-order valence-electron chi connectivity index (χ2n) is 7.62. The van der Waals surface area contributed by atoms with E-state index in [1.54, 1.807) is 12.1 Å². The van der Waals surface area contributed by atoms with Crippen molar-refractivity contribution in [2.24, 2.45) is 0 Å². The number of sulfonamides is 1. The van der Waals surface area contributed by atoms with E-state index in [0.29, 0.717) is 11.7 Å². The van der Waals surface area contributed by atoms with Crippen molar-refractivity contribution in [1.29, 1.82) is 0 Å². The molecule has 27 heavy (non-hydrogen) atoms. The third-order valence-corrected chi connectivity index (χ3v) is 6.87. The number of hydrogen-bond acceptors (Lipinski definition) is 3. The monoisotopic (exact) mass is 383 g/mol. The predicted molar refractivity (Wildman–Crippen MR) is 110 cm³/mol. The summed E-state index contributed by atoms with van der Waals surface area (Å²) in [6, 6.07) is 13.1. The van der Waals surface area contributed by atoms with Crippen molar-refractivity contribution in [2.75, 3.05) is 18.8 Å². The van der Waals surface area contributed by atoms with Crippen molar-refractivity contribution in [1.82, 2.24) is 9.88 Å². The topological polar surface area (TPSA) is 65.2 Å². The maximum atomic E-state index is 12.7. The van der Waals surface area contributed by atoms with E-state index in [9.17, 15) is 8.42 Å². The van der Waals surface area contributed by atoms with E-state index >= 15 is 0 Å². The average molecular weight is 384 g/mol. The number of aromatic nitrogens is 1. The quantitative estimate of drug-likeness (QED) is 0.722. The molecule has 0 radical (unpaired) electrons. The first kappa shape index (κ1) is 18.1. The first-order valence-corrected chi connectivity index (χ1v) is 10.7. The first-order chi connectivity index (χ1) is 12.8. The number of aromatic amines is 1. The minimum absolute atomic E-state index is 0.275. The molecule has 0 saturated heterocycles. The standard InChI is InChI=1S/C21H25N3O2S/c1-14-4-8-17(9-5-14)27(25,26)23-15-6-10-20-18(12-15)19-13-16(24(2)3)7-11-21(19)22-20/h4-6,8-10,12,16,22-23H,7,11,13H2,1-3H3. The van der Waals surface area contributed by atoms with Crippen LogP contribution in [0.5, 0.6) is 0 Å². The second kappa shape index (κ2) is 6.69. The number of nitrogens with zero attached hydrogens (tertiary/aromatic N) is 1. The molecular formula is C21H25N3O2S. The van der Waals surface area contributed by atoms with Gasteiger partial charge in [-0.25, -0.2) is 8.42 Å². The molecule has 0 fully saturated rings. The average Bonchev–Trinajstić information content (AvgIpc) is 2.99. The summed E-state index contributed by atoms with van der Waals surface area (Å²) < 4.78 is 28.1. The van der Waals surface area contributed by atoms with Gasteiger partial charge in [0.05, 0.1) is 4.90 Å². The fraction of sp³-hybridized carbons (Fsp3) is 0.333. The molecule has 2 N–H and O–H groups in total. The third-order valence-electron chi connectivity index (χ3n) is 5.48. The van der Waals surface area contributed by atoms with Gasteiger partial charge < -0.3 is 9.88 Å². The molecule has 3 aromatic rings. The maximum absolute atomic E-state index is 12.7. The summed E-state index contributed by atoms with van der Waals surface area (Å²) in [4.78, 5) is 6.05. The zero-order chi connectivity index (χ0) is 19.2. The molecule has 0 amide bonds. The van der Waals surface area contributed by atoms with Crippen molar-refractivity contribution < 1.29 is 8.42 Å². The van der Waals surface area contributed by atoms with Gasteiger partial charge in [0.25, 0.3) is 10.0 Å². The van der Waals surface area contributed by atoms with Gasteiger partial charge >= 0.3 is 0 Å². The smallest absolute Gasteiger partial charge is 0.261 e. The number of aryl methyl sites for hydroxylation is 2. The molecule has 4 rings (SSSR count). The van der Waals surface area contributed by atoms with E-state index in [2.05, 4.69) is 28.7 Å². The van der Waals surface area contributed by atoms with Crippen LogP contribution >= 0.6 is 0 Å². The summed E-state index contributed by atoms with van der Waals surface area (Å²) in [5.74, 6) is 0. The molecule has 1 heterocycles. The fourth-order valence-electron chi connectivity index (χ4n) is 3.83. The van der Waals surface area contributed by atoms with Crippen LogP contribution in [0.1, 0.15) is 23.2 Å². The zero-order valence-electron chi connectivity index (χ0n) is 15.9. The van der Waals surface area contributed by atoms with Crippen LogP contribution < -0.4 is 4.72 Å². The molecule has 1 aromatic heterocycles. The largest absolute Gasteiger partial charge is 0.358 e. The minimum atomic E-state index is -3.60. The Morgan fingerprint density at radius 2 is 1.85 bits per heavy atom. The number of anilines is 1. The Bertz CT molecular complexity index is 1080. The molecule has 1 aliphatic carbocycles. The first-order valence-electron chi connectivity index (χ1n) is 9.23.